The van der Waals surface area contributed by atoms with Gasteiger partial charge in [0, 0.05) is 13.6 Å². The molecule has 0 heterocycles. The van der Waals surface area contributed by atoms with Crippen LogP contribution in [0.15, 0.2) is 35.3 Å². The number of carbonyl (C=O) groups excluding carboxylic acids is 1. The number of rotatable bonds is 2. The van der Waals surface area contributed by atoms with Crippen LogP contribution < -0.4 is 16.4 Å². The molecule has 0 spiro atoms. The van der Waals surface area contributed by atoms with E-state index in [1.54, 1.807) is 0 Å². The van der Waals surface area contributed by atoms with Crippen LogP contribution in [0.1, 0.15) is 5.56 Å². The minimum Gasteiger partial charge on any atom is -0.370 e. The van der Waals surface area contributed by atoms with Crippen LogP contribution in [0.5, 0.6) is 0 Å². The lowest BCUT2D eigenvalue weighted by atomic mass is 10.2. The molecule has 0 atom stereocenters. The fourth-order valence-electron chi connectivity index (χ4n) is 0.995. The lowest BCUT2D eigenvalue weighted by Gasteiger charge is -2.06. The summed E-state index contributed by atoms with van der Waals surface area (Å²) in [6.07, 6.45) is 0. The molecule has 1 aromatic carbocycles. The van der Waals surface area contributed by atoms with Gasteiger partial charge in [-0.3, -0.25) is 10.3 Å². The number of nitrogens with two attached hydrogens (primary N) is 1. The standard InChI is InChI=1S/C10H14N4O/c1-12-9(11)14-10(15)13-7-8-5-3-2-4-6-8/h2-6H,7H2,1H3,(H4,11,12,13,14,15). The van der Waals surface area contributed by atoms with Gasteiger partial charge < -0.3 is 11.1 Å². The van der Waals surface area contributed by atoms with Crippen LogP contribution in [-0.4, -0.2) is 19.0 Å². The summed E-state index contributed by atoms with van der Waals surface area (Å²) in [5.74, 6) is 0.0977. The van der Waals surface area contributed by atoms with Crippen molar-refractivity contribution in [1.82, 2.24) is 10.6 Å². The number of guanidine groups is 1. The van der Waals surface area contributed by atoms with E-state index >= 15 is 0 Å². The number of aliphatic imine (C=N–C) groups is 1. The first-order valence-electron chi connectivity index (χ1n) is 4.53. The molecular formula is C10H14N4O. The molecule has 0 fully saturated rings. The minimum absolute atomic E-state index is 0.0977. The quantitative estimate of drug-likeness (QED) is 0.484. The molecule has 2 amide bonds. The molecule has 0 aliphatic rings. The number of carbonyl (C=O) groups is 1. The van der Waals surface area contributed by atoms with Crippen LogP contribution in [0, 0.1) is 0 Å². The van der Waals surface area contributed by atoms with Crippen molar-refractivity contribution in [3.05, 3.63) is 35.9 Å². The summed E-state index contributed by atoms with van der Waals surface area (Å²) in [6, 6.07) is 9.25. The summed E-state index contributed by atoms with van der Waals surface area (Å²) in [7, 11) is 1.51. The van der Waals surface area contributed by atoms with Gasteiger partial charge in [0.15, 0.2) is 5.96 Å². The molecule has 1 rings (SSSR count). The van der Waals surface area contributed by atoms with Crippen molar-refractivity contribution >= 4 is 12.0 Å². The summed E-state index contributed by atoms with van der Waals surface area (Å²) < 4.78 is 0. The molecule has 5 heteroatoms. The van der Waals surface area contributed by atoms with Crippen molar-refractivity contribution < 1.29 is 4.79 Å². The molecule has 0 saturated heterocycles. The Hall–Kier alpha value is -2.04. The first kappa shape index (κ1) is 11.0. The molecule has 0 saturated carbocycles. The summed E-state index contributed by atoms with van der Waals surface area (Å²) in [5.41, 5.74) is 6.35. The Labute approximate surface area is 88.4 Å². The van der Waals surface area contributed by atoms with Crippen molar-refractivity contribution in [3.63, 3.8) is 0 Å². The Morgan fingerprint density at radius 3 is 2.67 bits per heavy atom. The van der Waals surface area contributed by atoms with Gasteiger partial charge in [-0.2, -0.15) is 0 Å². The third-order valence-electron chi connectivity index (χ3n) is 1.78. The predicted octanol–water partition coefficient (Wildman–Crippen LogP) is 0.430. The van der Waals surface area contributed by atoms with E-state index in [1.807, 2.05) is 30.3 Å². The number of nitrogens with zero attached hydrogens (tertiary/aromatic N) is 1. The van der Waals surface area contributed by atoms with Crippen molar-refractivity contribution in [1.29, 1.82) is 0 Å². The smallest absolute Gasteiger partial charge is 0.321 e. The van der Waals surface area contributed by atoms with E-state index in [0.29, 0.717) is 6.54 Å². The monoisotopic (exact) mass is 206 g/mol. The number of hydrogen-bond donors (Lipinski definition) is 3. The van der Waals surface area contributed by atoms with Crippen molar-refractivity contribution in [2.75, 3.05) is 7.05 Å². The molecule has 4 N–H and O–H groups in total. The van der Waals surface area contributed by atoms with Gasteiger partial charge in [-0.05, 0) is 5.56 Å². The van der Waals surface area contributed by atoms with E-state index in [9.17, 15) is 4.79 Å². The van der Waals surface area contributed by atoms with Gasteiger partial charge in [0.05, 0.1) is 0 Å². The van der Waals surface area contributed by atoms with Crippen LogP contribution in [0.2, 0.25) is 0 Å². The Kier molecular flexibility index (Phi) is 4.15. The molecule has 0 bridgehead atoms. The van der Waals surface area contributed by atoms with E-state index < -0.39 is 0 Å². The highest BCUT2D eigenvalue weighted by atomic mass is 16.2. The SMILES string of the molecule is CN=C(N)NC(=O)NCc1ccccc1. The number of hydrogen-bond acceptors (Lipinski definition) is 2. The average Bonchev–Trinajstić information content (AvgIpc) is 2.27. The number of benzene rings is 1. The van der Waals surface area contributed by atoms with Crippen molar-refractivity contribution in [2.24, 2.45) is 10.7 Å². The zero-order valence-corrected chi connectivity index (χ0v) is 8.53. The van der Waals surface area contributed by atoms with Crippen molar-refractivity contribution in [2.45, 2.75) is 6.54 Å². The number of nitrogens with one attached hydrogen (secondary N) is 2. The lowest BCUT2D eigenvalue weighted by molar-refractivity contribution is 0.245. The Morgan fingerprint density at radius 2 is 2.07 bits per heavy atom. The normalized spacial score (nSPS) is 10.9. The van der Waals surface area contributed by atoms with Gasteiger partial charge in [-0.15, -0.1) is 0 Å². The molecule has 1 aromatic rings. The number of urea groups is 1. The molecule has 0 unspecified atom stereocenters. The first-order chi connectivity index (χ1) is 7.22. The molecule has 0 aliphatic carbocycles. The van der Waals surface area contributed by atoms with Crippen LogP contribution >= 0.6 is 0 Å². The minimum atomic E-state index is -0.359. The highest BCUT2D eigenvalue weighted by Gasteiger charge is 2.00. The molecule has 5 nitrogen and oxygen atoms in total. The summed E-state index contributed by atoms with van der Waals surface area (Å²) in [6.45, 7) is 0.462. The topological polar surface area (TPSA) is 79.5 Å². The second-order valence-electron chi connectivity index (χ2n) is 2.90. The zero-order chi connectivity index (χ0) is 11.1. The average molecular weight is 206 g/mol. The molecule has 15 heavy (non-hydrogen) atoms. The molecule has 0 radical (unpaired) electrons. The maximum Gasteiger partial charge on any atom is 0.321 e. The second kappa shape index (κ2) is 5.64. The highest BCUT2D eigenvalue weighted by Crippen LogP contribution is 1.96. The fraction of sp³-hybridized carbons (Fsp3) is 0.200. The molecule has 0 aliphatic heterocycles. The lowest BCUT2D eigenvalue weighted by Crippen LogP contribution is -2.42. The number of amides is 2. The third kappa shape index (κ3) is 4.12. The molecule has 80 valence electrons. The van der Waals surface area contributed by atoms with Crippen LogP contribution in [0.4, 0.5) is 4.79 Å². The fourth-order valence-corrected chi connectivity index (χ4v) is 0.995. The Morgan fingerprint density at radius 1 is 1.40 bits per heavy atom. The van der Waals surface area contributed by atoms with E-state index in [2.05, 4.69) is 15.6 Å². The van der Waals surface area contributed by atoms with Gasteiger partial charge in [-0.25, -0.2) is 4.79 Å². The second-order valence-corrected chi connectivity index (χ2v) is 2.90. The third-order valence-corrected chi connectivity index (χ3v) is 1.78. The van der Waals surface area contributed by atoms with Crippen LogP contribution in [0.25, 0.3) is 0 Å². The molecule has 0 aromatic heterocycles. The summed E-state index contributed by atoms with van der Waals surface area (Å²) >= 11 is 0. The highest BCUT2D eigenvalue weighted by molar-refractivity contribution is 5.95. The van der Waals surface area contributed by atoms with E-state index in [0.717, 1.165) is 5.56 Å². The summed E-state index contributed by atoms with van der Waals surface area (Å²) in [4.78, 5) is 14.8. The van der Waals surface area contributed by atoms with Gasteiger partial charge in [0.25, 0.3) is 0 Å². The van der Waals surface area contributed by atoms with Crippen LogP contribution in [0.3, 0.4) is 0 Å². The van der Waals surface area contributed by atoms with E-state index in [4.69, 9.17) is 5.73 Å². The molecular weight excluding hydrogens is 192 g/mol. The predicted molar refractivity (Wildman–Crippen MR) is 59.4 cm³/mol. The maximum atomic E-state index is 11.2. The first-order valence-corrected chi connectivity index (χ1v) is 4.53. The summed E-state index contributed by atoms with van der Waals surface area (Å²) in [5, 5.41) is 5.03. The largest absolute Gasteiger partial charge is 0.370 e. The van der Waals surface area contributed by atoms with Gasteiger partial charge in [0.1, 0.15) is 0 Å². The Bertz CT molecular complexity index is 348. The van der Waals surface area contributed by atoms with E-state index in [-0.39, 0.29) is 12.0 Å². The zero-order valence-electron chi connectivity index (χ0n) is 8.53. The van der Waals surface area contributed by atoms with Crippen LogP contribution in [-0.2, 0) is 6.54 Å². The van der Waals surface area contributed by atoms with Gasteiger partial charge >= 0.3 is 6.03 Å². The van der Waals surface area contributed by atoms with Gasteiger partial charge in [0.2, 0.25) is 0 Å². The van der Waals surface area contributed by atoms with E-state index in [1.165, 1.54) is 7.05 Å². The Balaban J connectivity index is 2.35. The van der Waals surface area contributed by atoms with Crippen molar-refractivity contribution in [3.8, 4) is 0 Å². The maximum absolute atomic E-state index is 11.2. The van der Waals surface area contributed by atoms with Gasteiger partial charge in [-0.1, -0.05) is 30.3 Å².